The Hall–Kier alpha value is -3.44. The van der Waals surface area contributed by atoms with Crippen LogP contribution in [0.4, 0.5) is 10.1 Å². The number of carbonyl (C=O) groups excluding carboxylic acids is 2. The van der Waals surface area contributed by atoms with Gasteiger partial charge in [-0.25, -0.2) is 12.8 Å². The van der Waals surface area contributed by atoms with E-state index in [4.69, 9.17) is 4.74 Å². The van der Waals surface area contributed by atoms with E-state index in [9.17, 15) is 22.4 Å². The molecule has 0 heterocycles. The fourth-order valence-electron chi connectivity index (χ4n) is 3.83. The molecule has 0 aliphatic carbocycles. The number of nitrogens with one attached hydrogen (secondary N) is 1. The van der Waals surface area contributed by atoms with E-state index in [-0.39, 0.29) is 17.1 Å². The quantitative estimate of drug-likeness (QED) is 0.316. The van der Waals surface area contributed by atoms with Crippen molar-refractivity contribution in [3.63, 3.8) is 0 Å². The predicted octanol–water partition coefficient (Wildman–Crippen LogP) is 4.74. The van der Waals surface area contributed by atoms with Crippen LogP contribution in [0, 0.1) is 5.82 Å². The fourth-order valence-corrected chi connectivity index (χ4v) is 5.51. The standard InChI is InChI=1S/C28H31BrFN3O5S/c1-4-31-28(35)20(3)32(18-21-6-10-23(30)11-7-21)27(34)19-33(24-12-14-25(15-13-24)38-5-2)39(36,37)26-16-8-22(29)9-17-26/h6-17,20H,4-5,18-19H2,1-3H3,(H,31,35)/t20-/m0/s1. The number of ether oxygens (including phenoxy) is 1. The molecule has 0 spiro atoms. The SMILES string of the molecule is CCNC(=O)[C@H](C)N(Cc1ccc(F)cc1)C(=O)CN(c1ccc(OCC)cc1)S(=O)(=O)c1ccc(Br)cc1. The Balaban J connectivity index is 2.02. The van der Waals surface area contributed by atoms with Gasteiger partial charge in [0.2, 0.25) is 11.8 Å². The van der Waals surface area contributed by atoms with E-state index in [1.807, 2.05) is 6.92 Å². The number of benzene rings is 3. The summed E-state index contributed by atoms with van der Waals surface area (Å²) in [6.07, 6.45) is 0. The van der Waals surface area contributed by atoms with Gasteiger partial charge in [0.15, 0.2) is 0 Å². The minimum absolute atomic E-state index is 0.00533. The second kappa shape index (κ2) is 13.6. The van der Waals surface area contributed by atoms with Gasteiger partial charge < -0.3 is 15.0 Å². The second-order valence-corrected chi connectivity index (χ2v) is 11.4. The first-order valence-corrected chi connectivity index (χ1v) is 14.6. The van der Waals surface area contributed by atoms with Gasteiger partial charge in [-0.05, 0) is 87.0 Å². The minimum Gasteiger partial charge on any atom is -0.494 e. The summed E-state index contributed by atoms with van der Waals surface area (Å²) in [5, 5.41) is 2.70. The van der Waals surface area contributed by atoms with Crippen LogP contribution in [0.15, 0.2) is 82.2 Å². The zero-order valence-corrected chi connectivity index (χ0v) is 24.3. The molecule has 0 bridgehead atoms. The van der Waals surface area contributed by atoms with Gasteiger partial charge in [0, 0.05) is 17.6 Å². The average molecular weight is 621 g/mol. The number of sulfonamides is 1. The molecule has 8 nitrogen and oxygen atoms in total. The van der Waals surface area contributed by atoms with Gasteiger partial charge >= 0.3 is 0 Å². The monoisotopic (exact) mass is 619 g/mol. The summed E-state index contributed by atoms with van der Waals surface area (Å²) in [7, 11) is -4.19. The Morgan fingerprint density at radius 1 is 0.974 bits per heavy atom. The Labute approximate surface area is 236 Å². The molecule has 3 aromatic carbocycles. The number of nitrogens with zero attached hydrogens (tertiary/aromatic N) is 2. The summed E-state index contributed by atoms with van der Waals surface area (Å²) in [5.74, 6) is -0.879. The van der Waals surface area contributed by atoms with Gasteiger partial charge in [0.05, 0.1) is 17.2 Å². The summed E-state index contributed by atoms with van der Waals surface area (Å²) in [4.78, 5) is 27.8. The molecule has 0 radical (unpaired) electrons. The molecule has 0 saturated carbocycles. The third kappa shape index (κ3) is 7.79. The smallest absolute Gasteiger partial charge is 0.264 e. The fraction of sp³-hybridized carbons (Fsp3) is 0.286. The van der Waals surface area contributed by atoms with Crippen molar-refractivity contribution in [2.75, 3.05) is 24.0 Å². The maximum absolute atomic E-state index is 13.8. The molecule has 1 atom stereocenters. The van der Waals surface area contributed by atoms with Gasteiger partial charge in [0.25, 0.3) is 10.0 Å². The zero-order chi connectivity index (χ0) is 28.6. The van der Waals surface area contributed by atoms with Crippen molar-refractivity contribution in [3.05, 3.63) is 88.6 Å². The van der Waals surface area contributed by atoms with E-state index in [2.05, 4.69) is 21.2 Å². The van der Waals surface area contributed by atoms with Crippen LogP contribution in [0.5, 0.6) is 5.75 Å². The van der Waals surface area contributed by atoms with E-state index >= 15 is 0 Å². The Kier molecular flexibility index (Phi) is 10.5. The lowest BCUT2D eigenvalue weighted by molar-refractivity contribution is -0.139. The van der Waals surface area contributed by atoms with E-state index in [1.165, 1.54) is 41.3 Å². The van der Waals surface area contributed by atoms with Crippen LogP contribution in [0.1, 0.15) is 26.3 Å². The van der Waals surface area contributed by atoms with Crippen LogP contribution in [0.3, 0.4) is 0 Å². The molecule has 208 valence electrons. The molecule has 0 saturated heterocycles. The normalized spacial score (nSPS) is 11.9. The van der Waals surface area contributed by atoms with Crippen molar-refractivity contribution >= 4 is 43.5 Å². The number of carbonyl (C=O) groups is 2. The van der Waals surface area contributed by atoms with Crippen molar-refractivity contribution < 1.29 is 27.1 Å². The second-order valence-electron chi connectivity index (χ2n) is 8.61. The first kappa shape index (κ1) is 30.1. The number of halogens is 2. The van der Waals surface area contributed by atoms with Gasteiger partial charge in [0.1, 0.15) is 24.2 Å². The predicted molar refractivity (Wildman–Crippen MR) is 151 cm³/mol. The van der Waals surface area contributed by atoms with E-state index < -0.39 is 40.2 Å². The highest BCUT2D eigenvalue weighted by Gasteiger charge is 2.32. The molecule has 39 heavy (non-hydrogen) atoms. The summed E-state index contributed by atoms with van der Waals surface area (Å²) in [6.45, 7) is 5.37. The van der Waals surface area contributed by atoms with Crippen molar-refractivity contribution in [3.8, 4) is 5.75 Å². The highest BCUT2D eigenvalue weighted by molar-refractivity contribution is 9.10. The topological polar surface area (TPSA) is 96.0 Å². The van der Waals surface area contributed by atoms with Crippen LogP contribution in [0.25, 0.3) is 0 Å². The molecule has 11 heteroatoms. The Morgan fingerprint density at radius 3 is 2.15 bits per heavy atom. The van der Waals surface area contributed by atoms with Crippen LogP contribution in [0.2, 0.25) is 0 Å². The lowest BCUT2D eigenvalue weighted by Gasteiger charge is -2.32. The van der Waals surface area contributed by atoms with Gasteiger partial charge in [-0.15, -0.1) is 0 Å². The molecule has 0 aromatic heterocycles. The van der Waals surface area contributed by atoms with Gasteiger partial charge in [-0.3, -0.25) is 13.9 Å². The van der Waals surface area contributed by atoms with E-state index in [1.54, 1.807) is 50.2 Å². The van der Waals surface area contributed by atoms with Gasteiger partial charge in [-0.1, -0.05) is 28.1 Å². The number of amides is 2. The summed E-state index contributed by atoms with van der Waals surface area (Å²) in [6, 6.07) is 17.1. The summed E-state index contributed by atoms with van der Waals surface area (Å²) < 4.78 is 48.3. The highest BCUT2D eigenvalue weighted by Crippen LogP contribution is 2.27. The minimum atomic E-state index is -4.19. The van der Waals surface area contributed by atoms with Crippen molar-refractivity contribution in [1.29, 1.82) is 0 Å². The molecule has 0 aliphatic heterocycles. The van der Waals surface area contributed by atoms with Crippen LogP contribution in [-0.4, -0.2) is 50.9 Å². The highest BCUT2D eigenvalue weighted by atomic mass is 79.9. The zero-order valence-electron chi connectivity index (χ0n) is 21.9. The molecule has 0 fully saturated rings. The van der Waals surface area contributed by atoms with Gasteiger partial charge in [-0.2, -0.15) is 0 Å². The number of rotatable bonds is 12. The third-order valence-electron chi connectivity index (χ3n) is 5.90. The number of hydrogen-bond donors (Lipinski definition) is 1. The maximum Gasteiger partial charge on any atom is 0.264 e. The summed E-state index contributed by atoms with van der Waals surface area (Å²) >= 11 is 3.31. The first-order chi connectivity index (χ1) is 18.6. The van der Waals surface area contributed by atoms with E-state index in [0.717, 1.165) is 4.31 Å². The Bertz CT molecular complexity index is 1370. The molecule has 0 unspecified atom stereocenters. The van der Waals surface area contributed by atoms with Crippen LogP contribution < -0.4 is 14.4 Å². The van der Waals surface area contributed by atoms with Crippen LogP contribution in [-0.2, 0) is 26.2 Å². The third-order valence-corrected chi connectivity index (χ3v) is 8.22. The lowest BCUT2D eigenvalue weighted by Crippen LogP contribution is -2.51. The van der Waals surface area contributed by atoms with Crippen molar-refractivity contribution in [1.82, 2.24) is 10.2 Å². The molecular weight excluding hydrogens is 589 g/mol. The van der Waals surface area contributed by atoms with E-state index in [0.29, 0.717) is 28.9 Å². The number of anilines is 1. The molecule has 3 rings (SSSR count). The maximum atomic E-state index is 13.8. The number of likely N-dealkylation sites (N-methyl/N-ethyl adjacent to an activating group) is 1. The first-order valence-electron chi connectivity index (χ1n) is 12.4. The lowest BCUT2D eigenvalue weighted by atomic mass is 10.1. The molecule has 2 amide bonds. The number of hydrogen-bond acceptors (Lipinski definition) is 5. The molecule has 1 N–H and O–H groups in total. The van der Waals surface area contributed by atoms with Crippen LogP contribution >= 0.6 is 15.9 Å². The Morgan fingerprint density at radius 2 is 1.59 bits per heavy atom. The summed E-state index contributed by atoms with van der Waals surface area (Å²) in [5.41, 5.74) is 0.839. The van der Waals surface area contributed by atoms with Crippen molar-refractivity contribution in [2.24, 2.45) is 0 Å². The molecule has 3 aromatic rings. The molecule has 0 aliphatic rings. The largest absolute Gasteiger partial charge is 0.494 e. The average Bonchev–Trinajstić information content (AvgIpc) is 2.92. The van der Waals surface area contributed by atoms with Crippen molar-refractivity contribution in [2.45, 2.75) is 38.3 Å². The molecular formula is C28H31BrFN3O5S.